The smallest absolute Gasteiger partial charge is 0.276 e. The maximum Gasteiger partial charge on any atom is 0.276 e. The Morgan fingerprint density at radius 1 is 0.593 bits per heavy atom. The maximum absolute atomic E-state index is 13.2. The Labute approximate surface area is 331 Å². The van der Waals surface area contributed by atoms with Crippen LogP contribution in [0.1, 0.15) is 20.8 Å². The van der Waals surface area contributed by atoms with Gasteiger partial charge in [0.05, 0.1) is 59.9 Å². The van der Waals surface area contributed by atoms with E-state index in [0.717, 1.165) is 0 Å². The van der Waals surface area contributed by atoms with Crippen LogP contribution in [0.5, 0.6) is 23.0 Å². The van der Waals surface area contributed by atoms with Gasteiger partial charge < -0.3 is 29.6 Å². The van der Waals surface area contributed by atoms with Crippen LogP contribution in [0.3, 0.4) is 0 Å². The van der Waals surface area contributed by atoms with Gasteiger partial charge in [-0.25, -0.2) is 0 Å². The van der Waals surface area contributed by atoms with Crippen LogP contribution in [-0.2, 0) is 14.4 Å². The summed E-state index contributed by atoms with van der Waals surface area (Å²) in [5.74, 6) is -0.641. The minimum atomic E-state index is -1.49. The fourth-order valence-corrected chi connectivity index (χ4v) is 5.65. The van der Waals surface area contributed by atoms with Gasteiger partial charge in [-0.05, 0) is 61.7 Å². The van der Waals surface area contributed by atoms with Crippen LogP contribution in [-0.4, -0.2) is 52.1 Å². The SMILES string of the molecule is COc1cc(NC(=O)C(N=Nc2ccc(-c3ccc(N=NC(C(C)=O)C(=O)Nc4cc(OC)c(Cl)cc4OC)c(Cl)c3)cc2Cl)=C(C)C)c(OC)cc1Cl. The number of anilines is 2. The predicted octanol–water partition coefficient (Wildman–Crippen LogP) is 10.7. The number of halogens is 4. The molecule has 0 saturated heterocycles. The average molecular weight is 817 g/mol. The van der Waals surface area contributed by atoms with Gasteiger partial charge in [0.1, 0.15) is 40.1 Å². The van der Waals surface area contributed by atoms with E-state index >= 15 is 0 Å². The zero-order valence-corrected chi connectivity index (χ0v) is 33.0. The summed E-state index contributed by atoms with van der Waals surface area (Å²) < 4.78 is 21.1. The highest BCUT2D eigenvalue weighted by Crippen LogP contribution is 2.38. The van der Waals surface area contributed by atoms with Crippen molar-refractivity contribution in [1.82, 2.24) is 0 Å². The monoisotopic (exact) mass is 814 g/mol. The molecule has 13 nitrogen and oxygen atoms in total. The molecule has 54 heavy (non-hydrogen) atoms. The van der Waals surface area contributed by atoms with Crippen LogP contribution >= 0.6 is 46.4 Å². The van der Waals surface area contributed by atoms with E-state index in [-0.39, 0.29) is 43.6 Å². The lowest BCUT2D eigenvalue weighted by Gasteiger charge is -2.14. The molecule has 17 heteroatoms. The first-order valence-corrected chi connectivity index (χ1v) is 17.3. The molecule has 0 heterocycles. The maximum atomic E-state index is 13.2. The summed E-state index contributed by atoms with van der Waals surface area (Å²) in [6, 6.07) is 14.5. The van der Waals surface area contributed by atoms with Crippen LogP contribution in [0.2, 0.25) is 20.1 Å². The summed E-state index contributed by atoms with van der Waals surface area (Å²) in [7, 11) is 5.73. The number of nitrogens with zero attached hydrogens (tertiary/aromatic N) is 4. The van der Waals surface area contributed by atoms with Crippen molar-refractivity contribution >= 4 is 86.8 Å². The minimum Gasteiger partial charge on any atom is -0.495 e. The van der Waals surface area contributed by atoms with E-state index in [1.807, 2.05) is 0 Å². The Balaban J connectivity index is 1.50. The van der Waals surface area contributed by atoms with Gasteiger partial charge in [0.15, 0.2) is 5.78 Å². The van der Waals surface area contributed by atoms with Gasteiger partial charge in [-0.1, -0.05) is 58.5 Å². The quantitative estimate of drug-likeness (QED) is 0.0727. The fraction of sp³-hybridized carbons (Fsp3) is 0.216. The van der Waals surface area contributed by atoms with Gasteiger partial charge in [0.25, 0.3) is 11.8 Å². The van der Waals surface area contributed by atoms with Crippen molar-refractivity contribution in [3.63, 3.8) is 0 Å². The topological polar surface area (TPSA) is 162 Å². The number of Topliss-reactive ketones (excluding diaryl/α,β-unsaturated/α-hetero) is 1. The number of azo groups is 2. The average Bonchev–Trinajstić information content (AvgIpc) is 3.13. The molecular formula is C37H34Cl4N6O7. The van der Waals surface area contributed by atoms with E-state index in [1.54, 1.807) is 50.2 Å². The second-order valence-corrected chi connectivity index (χ2v) is 13.1. The van der Waals surface area contributed by atoms with E-state index in [1.165, 1.54) is 59.6 Å². The lowest BCUT2D eigenvalue weighted by atomic mass is 10.1. The second-order valence-electron chi connectivity index (χ2n) is 11.4. The van der Waals surface area contributed by atoms with Crippen molar-refractivity contribution in [3.8, 4) is 34.1 Å². The summed E-state index contributed by atoms with van der Waals surface area (Å²) in [4.78, 5) is 38.7. The molecule has 0 aliphatic carbocycles. The molecule has 0 aromatic heterocycles. The molecule has 0 saturated carbocycles. The summed E-state index contributed by atoms with van der Waals surface area (Å²) in [6.07, 6.45) is 0. The lowest BCUT2D eigenvalue weighted by molar-refractivity contribution is -0.126. The van der Waals surface area contributed by atoms with Gasteiger partial charge in [0, 0.05) is 24.3 Å². The number of benzene rings is 4. The van der Waals surface area contributed by atoms with E-state index in [4.69, 9.17) is 65.4 Å². The number of ketones is 1. The van der Waals surface area contributed by atoms with Crippen molar-refractivity contribution in [3.05, 3.63) is 92.0 Å². The molecule has 0 fully saturated rings. The molecule has 2 N–H and O–H groups in total. The fourth-order valence-electron chi connectivity index (χ4n) is 4.75. The van der Waals surface area contributed by atoms with Gasteiger partial charge in [-0.15, -0.1) is 10.2 Å². The van der Waals surface area contributed by atoms with E-state index in [2.05, 4.69) is 31.1 Å². The van der Waals surface area contributed by atoms with Gasteiger partial charge in [-0.2, -0.15) is 10.2 Å². The standard InChI is InChI=1S/C37H34Cl4N6O7/c1-18(2)34(36(49)42-28-16-30(51-4)24(40)14-32(28)53-6)46-44-26-10-8-20(12-22(26)38)21-9-11-27(23(39)13-21)45-47-35(19(3)48)37(50)43-29-17-31(52-5)25(41)15-33(29)54-7/h8-17,35H,1-7H3,(H,42,49)(H,43,50). The normalized spacial score (nSPS) is 11.6. The largest absolute Gasteiger partial charge is 0.495 e. The third kappa shape index (κ3) is 10.1. The number of hydrogen-bond acceptors (Lipinski definition) is 11. The predicted molar refractivity (Wildman–Crippen MR) is 210 cm³/mol. The van der Waals surface area contributed by atoms with Crippen molar-refractivity contribution in [1.29, 1.82) is 0 Å². The molecule has 4 aromatic carbocycles. The first kappa shape index (κ1) is 41.5. The molecule has 0 radical (unpaired) electrons. The van der Waals surface area contributed by atoms with Crippen LogP contribution in [0.4, 0.5) is 22.7 Å². The number of allylic oxidation sites excluding steroid dienone is 1. The summed E-state index contributed by atoms with van der Waals surface area (Å²) in [5.41, 5.74) is 3.06. The Morgan fingerprint density at radius 2 is 1.06 bits per heavy atom. The number of hydrogen-bond donors (Lipinski definition) is 2. The number of ether oxygens (including phenoxy) is 4. The molecule has 1 unspecified atom stereocenters. The van der Waals surface area contributed by atoms with Crippen LogP contribution in [0.25, 0.3) is 11.1 Å². The van der Waals surface area contributed by atoms with Gasteiger partial charge >= 0.3 is 0 Å². The molecule has 2 amide bonds. The van der Waals surface area contributed by atoms with Crippen molar-refractivity contribution in [2.45, 2.75) is 26.8 Å². The van der Waals surface area contributed by atoms with E-state index in [0.29, 0.717) is 44.6 Å². The third-order valence-corrected chi connectivity index (χ3v) is 8.74. The Bertz CT molecular complexity index is 2190. The Kier molecular flexibility index (Phi) is 14.4. The number of carbonyl (C=O) groups is 3. The first-order chi connectivity index (χ1) is 25.7. The zero-order chi connectivity index (χ0) is 39.7. The van der Waals surface area contributed by atoms with E-state index in [9.17, 15) is 14.4 Å². The molecule has 0 aliphatic heterocycles. The molecular weight excluding hydrogens is 782 g/mol. The summed E-state index contributed by atoms with van der Waals surface area (Å²) in [5, 5.41) is 22.9. The minimum absolute atomic E-state index is 0.0528. The molecule has 0 aliphatic rings. The zero-order valence-electron chi connectivity index (χ0n) is 30.0. The summed E-state index contributed by atoms with van der Waals surface area (Å²) >= 11 is 25.5. The number of nitrogens with one attached hydrogen (secondary N) is 2. The van der Waals surface area contributed by atoms with Crippen molar-refractivity contribution < 1.29 is 33.3 Å². The van der Waals surface area contributed by atoms with Crippen LogP contribution in [0, 0.1) is 0 Å². The highest BCUT2D eigenvalue weighted by molar-refractivity contribution is 6.34. The summed E-state index contributed by atoms with van der Waals surface area (Å²) in [6.45, 7) is 4.65. The molecule has 282 valence electrons. The highest BCUT2D eigenvalue weighted by atomic mass is 35.5. The van der Waals surface area contributed by atoms with Gasteiger partial charge in [0.2, 0.25) is 6.04 Å². The van der Waals surface area contributed by atoms with Crippen molar-refractivity contribution in [2.75, 3.05) is 39.1 Å². The lowest BCUT2D eigenvalue weighted by Crippen LogP contribution is -2.32. The third-order valence-electron chi connectivity index (χ3n) is 7.54. The molecule has 4 rings (SSSR count). The Hall–Kier alpha value is -5.21. The van der Waals surface area contributed by atoms with Crippen LogP contribution in [0.15, 0.2) is 92.4 Å². The molecule has 0 spiro atoms. The molecule has 1 atom stereocenters. The molecule has 0 bridgehead atoms. The number of rotatable bonds is 14. The van der Waals surface area contributed by atoms with E-state index < -0.39 is 23.6 Å². The Morgan fingerprint density at radius 3 is 1.48 bits per heavy atom. The second kappa shape index (κ2) is 18.7. The van der Waals surface area contributed by atoms with Crippen molar-refractivity contribution in [2.24, 2.45) is 20.5 Å². The number of methoxy groups -OCH3 is 4. The number of amides is 2. The number of carbonyl (C=O) groups excluding carboxylic acids is 3. The first-order valence-electron chi connectivity index (χ1n) is 15.8. The highest BCUT2D eigenvalue weighted by Gasteiger charge is 2.25. The van der Waals surface area contributed by atoms with Gasteiger partial charge in [-0.3, -0.25) is 14.4 Å². The molecule has 4 aromatic rings. The van der Waals surface area contributed by atoms with Crippen LogP contribution < -0.4 is 29.6 Å².